The first-order valence-electron chi connectivity index (χ1n) is 6.93. The Labute approximate surface area is 141 Å². The quantitative estimate of drug-likeness (QED) is 0.659. The van der Waals surface area contributed by atoms with E-state index in [4.69, 9.17) is 21.4 Å². The van der Waals surface area contributed by atoms with Crippen LogP contribution in [0.5, 0.6) is 5.75 Å². The zero-order chi connectivity index (χ0) is 17.1. The van der Waals surface area contributed by atoms with E-state index in [1.54, 1.807) is 18.2 Å². The van der Waals surface area contributed by atoms with E-state index in [-0.39, 0.29) is 5.91 Å². The van der Waals surface area contributed by atoms with Crippen molar-refractivity contribution in [3.05, 3.63) is 53.1 Å². The maximum atomic E-state index is 12.3. The number of halogens is 1. The highest BCUT2D eigenvalue weighted by Crippen LogP contribution is 2.26. The fraction of sp³-hybridized carbons (Fsp3) is 0.0625. The smallest absolute Gasteiger partial charge is 0.341 e. The standard InChI is InChI=1S/C16H12ClN3O4/c17-12-3-1-2-11-14(12)19-20-15(11)18-16(23)9-4-6-10(7-5-9)24-8-13(21)22/h1-7H,8H2,(H,21,22)(H2,18,19,20,23). The van der Waals surface area contributed by atoms with Crippen LogP contribution >= 0.6 is 11.6 Å². The number of nitrogens with zero attached hydrogens (tertiary/aromatic N) is 1. The Hall–Kier alpha value is -3.06. The second kappa shape index (κ2) is 6.59. The van der Waals surface area contributed by atoms with Crippen LogP contribution in [0.4, 0.5) is 5.82 Å². The van der Waals surface area contributed by atoms with Crippen molar-refractivity contribution in [3.8, 4) is 5.75 Å². The molecule has 0 spiro atoms. The molecule has 3 aromatic rings. The molecule has 24 heavy (non-hydrogen) atoms. The number of para-hydroxylation sites is 1. The van der Waals surface area contributed by atoms with E-state index in [1.165, 1.54) is 24.3 Å². The predicted octanol–water partition coefficient (Wildman–Crippen LogP) is 2.93. The Bertz CT molecular complexity index is 905. The fourth-order valence-electron chi connectivity index (χ4n) is 2.13. The van der Waals surface area contributed by atoms with Crippen molar-refractivity contribution in [1.29, 1.82) is 0 Å². The van der Waals surface area contributed by atoms with Crippen molar-refractivity contribution < 1.29 is 19.4 Å². The van der Waals surface area contributed by atoms with Gasteiger partial charge in [0.1, 0.15) is 5.75 Å². The lowest BCUT2D eigenvalue weighted by Gasteiger charge is -2.05. The van der Waals surface area contributed by atoms with Crippen LogP contribution in [0.25, 0.3) is 10.9 Å². The maximum absolute atomic E-state index is 12.3. The van der Waals surface area contributed by atoms with E-state index in [0.29, 0.717) is 33.1 Å². The molecule has 8 heteroatoms. The number of rotatable bonds is 5. The number of carboxylic acid groups (broad SMARTS) is 1. The summed E-state index contributed by atoms with van der Waals surface area (Å²) in [5.41, 5.74) is 1.03. The van der Waals surface area contributed by atoms with Crippen molar-refractivity contribution in [2.45, 2.75) is 0 Å². The van der Waals surface area contributed by atoms with E-state index in [9.17, 15) is 9.59 Å². The molecular formula is C16H12ClN3O4. The van der Waals surface area contributed by atoms with Crippen LogP contribution in [0, 0.1) is 0 Å². The van der Waals surface area contributed by atoms with Gasteiger partial charge in [-0.1, -0.05) is 17.7 Å². The number of hydrogen-bond donors (Lipinski definition) is 3. The molecule has 122 valence electrons. The average molecular weight is 346 g/mol. The molecule has 0 bridgehead atoms. The molecule has 0 aliphatic heterocycles. The van der Waals surface area contributed by atoms with Gasteiger partial charge in [0, 0.05) is 10.9 Å². The summed E-state index contributed by atoms with van der Waals surface area (Å²) >= 11 is 6.05. The number of aromatic amines is 1. The van der Waals surface area contributed by atoms with Gasteiger partial charge in [-0.05, 0) is 36.4 Å². The summed E-state index contributed by atoms with van der Waals surface area (Å²) in [7, 11) is 0. The number of carbonyl (C=O) groups excluding carboxylic acids is 1. The third-order valence-corrected chi connectivity index (χ3v) is 3.57. The summed E-state index contributed by atoms with van der Waals surface area (Å²) in [6, 6.07) is 11.4. The molecule has 1 aromatic heterocycles. The van der Waals surface area contributed by atoms with Crippen LogP contribution in [0.15, 0.2) is 42.5 Å². The lowest BCUT2D eigenvalue weighted by molar-refractivity contribution is -0.139. The van der Waals surface area contributed by atoms with Crippen molar-refractivity contribution in [3.63, 3.8) is 0 Å². The van der Waals surface area contributed by atoms with E-state index in [0.717, 1.165) is 0 Å². The Morgan fingerprint density at radius 2 is 1.96 bits per heavy atom. The zero-order valence-electron chi connectivity index (χ0n) is 12.2. The number of H-pyrrole nitrogens is 1. The third-order valence-electron chi connectivity index (χ3n) is 3.26. The normalized spacial score (nSPS) is 10.5. The van der Waals surface area contributed by atoms with Crippen LogP contribution in [0.1, 0.15) is 10.4 Å². The molecule has 0 radical (unpaired) electrons. The van der Waals surface area contributed by atoms with Gasteiger partial charge in [-0.25, -0.2) is 4.79 Å². The summed E-state index contributed by atoms with van der Waals surface area (Å²) in [5, 5.41) is 19.3. The van der Waals surface area contributed by atoms with Crippen molar-refractivity contribution >= 4 is 40.2 Å². The number of aliphatic carboxylic acids is 1. The van der Waals surface area contributed by atoms with Gasteiger partial charge >= 0.3 is 5.97 Å². The molecule has 0 fully saturated rings. The minimum absolute atomic E-state index is 0.354. The van der Waals surface area contributed by atoms with E-state index in [2.05, 4.69) is 15.5 Å². The second-order valence-corrected chi connectivity index (χ2v) is 5.30. The largest absolute Gasteiger partial charge is 0.482 e. The number of fused-ring (bicyclic) bond motifs is 1. The Morgan fingerprint density at radius 1 is 1.21 bits per heavy atom. The van der Waals surface area contributed by atoms with E-state index >= 15 is 0 Å². The van der Waals surface area contributed by atoms with Crippen molar-refractivity contribution in [2.24, 2.45) is 0 Å². The lowest BCUT2D eigenvalue weighted by atomic mass is 10.2. The van der Waals surface area contributed by atoms with Gasteiger partial charge in [0.2, 0.25) is 0 Å². The van der Waals surface area contributed by atoms with Crippen LogP contribution in [-0.2, 0) is 4.79 Å². The Balaban J connectivity index is 1.74. The highest BCUT2D eigenvalue weighted by molar-refractivity contribution is 6.35. The maximum Gasteiger partial charge on any atom is 0.341 e. The number of nitrogens with one attached hydrogen (secondary N) is 2. The number of carboxylic acids is 1. The highest BCUT2D eigenvalue weighted by Gasteiger charge is 2.12. The zero-order valence-corrected chi connectivity index (χ0v) is 13.0. The summed E-state index contributed by atoms with van der Waals surface area (Å²) in [6.07, 6.45) is 0. The highest BCUT2D eigenvalue weighted by atomic mass is 35.5. The number of aromatic nitrogens is 2. The first kappa shape index (κ1) is 15.8. The van der Waals surface area contributed by atoms with E-state index < -0.39 is 12.6 Å². The second-order valence-electron chi connectivity index (χ2n) is 4.90. The number of benzene rings is 2. The Kier molecular flexibility index (Phi) is 4.35. The number of amides is 1. The summed E-state index contributed by atoms with van der Waals surface area (Å²) in [5.74, 6) is -0.677. The van der Waals surface area contributed by atoms with Crippen LogP contribution < -0.4 is 10.1 Å². The molecule has 0 atom stereocenters. The van der Waals surface area contributed by atoms with Crippen molar-refractivity contribution in [1.82, 2.24) is 10.2 Å². The molecule has 0 aliphatic rings. The van der Waals surface area contributed by atoms with Gasteiger partial charge in [0.15, 0.2) is 12.4 Å². The fourth-order valence-corrected chi connectivity index (χ4v) is 2.35. The molecule has 2 aromatic carbocycles. The first-order valence-corrected chi connectivity index (χ1v) is 7.31. The molecular weight excluding hydrogens is 334 g/mol. The molecule has 1 heterocycles. The van der Waals surface area contributed by atoms with Gasteiger partial charge in [0.05, 0.1) is 10.5 Å². The Morgan fingerprint density at radius 3 is 2.67 bits per heavy atom. The SMILES string of the molecule is O=C(O)COc1ccc(C(=O)Nc2n[nH]c3c(Cl)cccc23)cc1. The van der Waals surface area contributed by atoms with Crippen molar-refractivity contribution in [2.75, 3.05) is 11.9 Å². The first-order chi connectivity index (χ1) is 11.5. The predicted molar refractivity (Wildman–Crippen MR) is 88.6 cm³/mol. The third kappa shape index (κ3) is 3.31. The summed E-state index contributed by atoms with van der Waals surface area (Å²) in [6.45, 7) is -0.439. The van der Waals surface area contributed by atoms with Gasteiger partial charge in [-0.15, -0.1) is 0 Å². The number of anilines is 1. The molecule has 3 rings (SSSR count). The minimum atomic E-state index is -1.07. The van der Waals surface area contributed by atoms with E-state index in [1.807, 2.05) is 0 Å². The average Bonchev–Trinajstić information content (AvgIpc) is 2.98. The summed E-state index contributed by atoms with van der Waals surface area (Å²) in [4.78, 5) is 22.7. The van der Waals surface area contributed by atoms with Gasteiger partial charge < -0.3 is 15.2 Å². The van der Waals surface area contributed by atoms with Crippen LogP contribution in [0.3, 0.4) is 0 Å². The van der Waals surface area contributed by atoms with Gasteiger partial charge in [-0.2, -0.15) is 5.10 Å². The topological polar surface area (TPSA) is 104 Å². The molecule has 0 unspecified atom stereocenters. The number of ether oxygens (including phenoxy) is 1. The number of carbonyl (C=O) groups is 2. The van der Waals surface area contributed by atoms with Gasteiger partial charge in [0.25, 0.3) is 5.91 Å². The van der Waals surface area contributed by atoms with Crippen LogP contribution in [-0.4, -0.2) is 33.8 Å². The summed E-state index contributed by atoms with van der Waals surface area (Å²) < 4.78 is 5.02. The van der Waals surface area contributed by atoms with Crippen LogP contribution in [0.2, 0.25) is 5.02 Å². The molecule has 7 nitrogen and oxygen atoms in total. The van der Waals surface area contributed by atoms with Gasteiger partial charge in [-0.3, -0.25) is 9.89 Å². The number of hydrogen-bond acceptors (Lipinski definition) is 4. The monoisotopic (exact) mass is 345 g/mol. The molecule has 3 N–H and O–H groups in total. The lowest BCUT2D eigenvalue weighted by Crippen LogP contribution is -2.13. The molecule has 0 saturated heterocycles. The molecule has 0 saturated carbocycles. The molecule has 1 amide bonds. The minimum Gasteiger partial charge on any atom is -0.482 e. The molecule has 0 aliphatic carbocycles.